The minimum atomic E-state index is 0.523. The van der Waals surface area contributed by atoms with Crippen molar-refractivity contribution >= 4 is 0 Å². The number of nitrogens with one attached hydrogen (secondary N) is 1. The smallest absolute Gasteiger partial charge is 0.181 e. The van der Waals surface area contributed by atoms with E-state index in [1.54, 1.807) is 0 Å². The summed E-state index contributed by atoms with van der Waals surface area (Å²) in [5.41, 5.74) is 1.08. The molecule has 16 heavy (non-hydrogen) atoms. The summed E-state index contributed by atoms with van der Waals surface area (Å²) >= 11 is 0. The Hall–Kier alpha value is -1.68. The van der Waals surface area contributed by atoms with Crippen LogP contribution < -0.4 is 5.32 Å². The van der Waals surface area contributed by atoms with Crippen molar-refractivity contribution in [2.24, 2.45) is 7.05 Å². The predicted molar refractivity (Wildman–Crippen MR) is 62.0 cm³/mol. The molecule has 0 aliphatic carbocycles. The summed E-state index contributed by atoms with van der Waals surface area (Å²) < 4.78 is 1.90. The number of hydrogen-bond donors (Lipinski definition) is 1. The highest BCUT2D eigenvalue weighted by Crippen LogP contribution is 2.21. The summed E-state index contributed by atoms with van der Waals surface area (Å²) in [6, 6.07) is 10.1. The van der Waals surface area contributed by atoms with E-state index in [2.05, 4.69) is 15.4 Å². The van der Waals surface area contributed by atoms with E-state index in [-0.39, 0.29) is 0 Å². The molecule has 0 amide bonds. The van der Waals surface area contributed by atoms with Crippen molar-refractivity contribution in [1.82, 2.24) is 20.1 Å². The second-order valence-corrected chi connectivity index (χ2v) is 4.14. The van der Waals surface area contributed by atoms with Crippen LogP contribution in [0.25, 0.3) is 11.4 Å². The Morgan fingerprint density at radius 3 is 2.62 bits per heavy atom. The van der Waals surface area contributed by atoms with Crippen molar-refractivity contribution in [3.63, 3.8) is 0 Å². The minimum absolute atomic E-state index is 0.523. The minimum Gasteiger partial charge on any atom is -0.315 e. The van der Waals surface area contributed by atoms with Gasteiger partial charge in [-0.15, -0.1) is 0 Å². The van der Waals surface area contributed by atoms with Crippen LogP contribution in [0.1, 0.15) is 11.7 Å². The fourth-order valence-corrected chi connectivity index (χ4v) is 1.93. The maximum atomic E-state index is 4.61. The van der Waals surface area contributed by atoms with E-state index >= 15 is 0 Å². The Bertz CT molecular complexity index is 485. The van der Waals surface area contributed by atoms with Crippen LogP contribution in [0.4, 0.5) is 0 Å². The molecule has 3 rings (SSSR count). The van der Waals surface area contributed by atoms with Crippen LogP contribution in [-0.2, 0) is 7.05 Å². The molecule has 0 spiro atoms. The van der Waals surface area contributed by atoms with Crippen LogP contribution in [0.15, 0.2) is 30.3 Å². The normalized spacial score (nSPS) is 16.1. The van der Waals surface area contributed by atoms with Crippen molar-refractivity contribution < 1.29 is 0 Å². The number of nitrogens with zero attached hydrogens (tertiary/aromatic N) is 3. The van der Waals surface area contributed by atoms with Gasteiger partial charge in [0.1, 0.15) is 5.82 Å². The number of benzene rings is 1. The second kappa shape index (κ2) is 3.72. The van der Waals surface area contributed by atoms with Gasteiger partial charge in [-0.3, -0.25) is 4.68 Å². The van der Waals surface area contributed by atoms with Gasteiger partial charge in [0.15, 0.2) is 5.82 Å². The summed E-state index contributed by atoms with van der Waals surface area (Å²) in [6.45, 7) is 2.03. The van der Waals surface area contributed by atoms with Gasteiger partial charge in [-0.05, 0) is 0 Å². The lowest BCUT2D eigenvalue weighted by molar-refractivity contribution is 0.416. The average Bonchev–Trinajstić information content (AvgIpc) is 2.60. The highest BCUT2D eigenvalue weighted by Gasteiger charge is 2.24. The van der Waals surface area contributed by atoms with Crippen molar-refractivity contribution in [3.05, 3.63) is 36.2 Å². The molecule has 1 fully saturated rings. The van der Waals surface area contributed by atoms with E-state index in [1.807, 2.05) is 42.1 Å². The molecule has 1 aromatic carbocycles. The molecule has 0 radical (unpaired) electrons. The second-order valence-electron chi connectivity index (χ2n) is 4.14. The van der Waals surface area contributed by atoms with Gasteiger partial charge < -0.3 is 5.32 Å². The van der Waals surface area contributed by atoms with Crippen LogP contribution in [0.2, 0.25) is 0 Å². The van der Waals surface area contributed by atoms with E-state index in [0.29, 0.717) is 5.92 Å². The molecule has 1 N–H and O–H groups in total. The molecule has 4 heteroatoms. The molecular formula is C12H14N4. The van der Waals surface area contributed by atoms with Crippen molar-refractivity contribution in [2.45, 2.75) is 5.92 Å². The maximum absolute atomic E-state index is 4.61. The number of aryl methyl sites for hydroxylation is 1. The fraction of sp³-hybridized carbons (Fsp3) is 0.333. The first-order chi connectivity index (χ1) is 7.84. The molecule has 1 aliphatic heterocycles. The van der Waals surface area contributed by atoms with Crippen LogP contribution in [0.5, 0.6) is 0 Å². The van der Waals surface area contributed by atoms with E-state index in [0.717, 1.165) is 30.3 Å². The number of rotatable bonds is 2. The van der Waals surface area contributed by atoms with Gasteiger partial charge in [-0.25, -0.2) is 4.98 Å². The molecule has 1 aromatic heterocycles. The zero-order chi connectivity index (χ0) is 11.0. The average molecular weight is 214 g/mol. The van der Waals surface area contributed by atoms with Crippen LogP contribution in [0, 0.1) is 0 Å². The summed E-state index contributed by atoms with van der Waals surface area (Å²) in [4.78, 5) is 4.61. The molecule has 2 aromatic rings. The molecule has 2 heterocycles. The summed E-state index contributed by atoms with van der Waals surface area (Å²) in [5.74, 6) is 2.43. The predicted octanol–water partition coefficient (Wildman–Crippen LogP) is 1.17. The summed E-state index contributed by atoms with van der Waals surface area (Å²) in [6.07, 6.45) is 0. The third kappa shape index (κ3) is 1.51. The molecule has 0 bridgehead atoms. The van der Waals surface area contributed by atoms with Crippen molar-refractivity contribution in [1.29, 1.82) is 0 Å². The Balaban J connectivity index is 1.97. The monoisotopic (exact) mass is 214 g/mol. The van der Waals surface area contributed by atoms with E-state index < -0.39 is 0 Å². The quantitative estimate of drug-likeness (QED) is 0.816. The van der Waals surface area contributed by atoms with E-state index in [4.69, 9.17) is 0 Å². The maximum Gasteiger partial charge on any atom is 0.181 e. The first-order valence-electron chi connectivity index (χ1n) is 5.51. The molecule has 0 unspecified atom stereocenters. The Morgan fingerprint density at radius 1 is 1.25 bits per heavy atom. The molecule has 0 atom stereocenters. The largest absolute Gasteiger partial charge is 0.315 e. The highest BCUT2D eigenvalue weighted by atomic mass is 15.3. The Labute approximate surface area is 94.3 Å². The third-order valence-electron chi connectivity index (χ3n) is 2.98. The Morgan fingerprint density at radius 2 is 2.00 bits per heavy atom. The van der Waals surface area contributed by atoms with Crippen molar-refractivity contribution in [3.8, 4) is 11.4 Å². The highest BCUT2D eigenvalue weighted by molar-refractivity contribution is 5.54. The fourth-order valence-electron chi connectivity index (χ4n) is 1.93. The standard InChI is InChI=1S/C12H14N4/c1-16-12(10-7-13-8-10)14-11(15-16)9-5-3-2-4-6-9/h2-6,10,13H,7-8H2,1H3. The van der Waals surface area contributed by atoms with Gasteiger partial charge in [-0.2, -0.15) is 5.10 Å². The van der Waals surface area contributed by atoms with Gasteiger partial charge in [0.05, 0.1) is 0 Å². The zero-order valence-corrected chi connectivity index (χ0v) is 9.22. The lowest BCUT2D eigenvalue weighted by atomic mass is 10.0. The molecule has 1 aliphatic rings. The third-order valence-corrected chi connectivity index (χ3v) is 2.98. The lowest BCUT2D eigenvalue weighted by Crippen LogP contribution is -2.41. The van der Waals surface area contributed by atoms with Crippen molar-refractivity contribution in [2.75, 3.05) is 13.1 Å². The molecule has 0 saturated carbocycles. The summed E-state index contributed by atoms with van der Waals surface area (Å²) in [7, 11) is 1.97. The van der Waals surface area contributed by atoms with Gasteiger partial charge in [0.2, 0.25) is 0 Å². The van der Waals surface area contributed by atoms with Gasteiger partial charge in [0.25, 0.3) is 0 Å². The lowest BCUT2D eigenvalue weighted by Gasteiger charge is -2.25. The molecule has 4 nitrogen and oxygen atoms in total. The van der Waals surface area contributed by atoms with Crippen LogP contribution in [0.3, 0.4) is 0 Å². The van der Waals surface area contributed by atoms with E-state index in [9.17, 15) is 0 Å². The zero-order valence-electron chi connectivity index (χ0n) is 9.22. The van der Waals surface area contributed by atoms with Crippen LogP contribution >= 0.6 is 0 Å². The summed E-state index contributed by atoms with van der Waals surface area (Å²) in [5, 5.41) is 7.72. The molecule has 1 saturated heterocycles. The number of aromatic nitrogens is 3. The topological polar surface area (TPSA) is 42.7 Å². The molecule has 82 valence electrons. The van der Waals surface area contributed by atoms with Gasteiger partial charge in [-0.1, -0.05) is 30.3 Å². The SMILES string of the molecule is Cn1nc(-c2ccccc2)nc1C1CNC1. The molecular weight excluding hydrogens is 200 g/mol. The Kier molecular flexibility index (Phi) is 2.22. The first-order valence-corrected chi connectivity index (χ1v) is 5.51. The number of hydrogen-bond acceptors (Lipinski definition) is 3. The first kappa shape index (κ1) is 9.54. The van der Waals surface area contributed by atoms with Gasteiger partial charge in [0, 0.05) is 31.6 Å². The van der Waals surface area contributed by atoms with E-state index in [1.165, 1.54) is 0 Å². The van der Waals surface area contributed by atoms with Gasteiger partial charge >= 0.3 is 0 Å². The van der Waals surface area contributed by atoms with Crippen LogP contribution in [-0.4, -0.2) is 27.9 Å².